The molecule has 1 amide bonds. The van der Waals surface area contributed by atoms with Crippen LogP contribution in [0.1, 0.15) is 43.2 Å². The first-order valence-corrected chi connectivity index (χ1v) is 12.8. The number of piperidine rings is 1. The average Bonchev–Trinajstić information content (AvgIpc) is 3.43. The summed E-state index contributed by atoms with van der Waals surface area (Å²) in [6.45, 7) is 7.18. The quantitative estimate of drug-likeness (QED) is 0.559. The lowest BCUT2D eigenvalue weighted by Crippen LogP contribution is -2.40. The Balaban J connectivity index is 1.19. The maximum atomic E-state index is 12.8. The summed E-state index contributed by atoms with van der Waals surface area (Å²) in [5, 5.41) is 12.8. The highest BCUT2D eigenvalue weighted by Gasteiger charge is 2.27. The lowest BCUT2D eigenvalue weighted by atomic mass is 9.96. The molecule has 0 saturated carbocycles. The third-order valence-electron chi connectivity index (χ3n) is 7.16. The van der Waals surface area contributed by atoms with Crippen LogP contribution in [0.5, 0.6) is 0 Å². The van der Waals surface area contributed by atoms with Gasteiger partial charge < -0.3 is 19.2 Å². The van der Waals surface area contributed by atoms with E-state index in [1.54, 1.807) is 0 Å². The minimum absolute atomic E-state index is 0.0830. The number of likely N-dealkylation sites (tertiary alicyclic amines) is 1. The maximum absolute atomic E-state index is 12.8. The molecule has 1 aromatic carbocycles. The number of hydrogen-bond acceptors (Lipinski definition) is 6. The van der Waals surface area contributed by atoms with Gasteiger partial charge in [0, 0.05) is 37.5 Å². The lowest BCUT2D eigenvalue weighted by molar-refractivity contribution is -0.127. The fourth-order valence-corrected chi connectivity index (χ4v) is 5.25. The first-order chi connectivity index (χ1) is 17.0. The highest BCUT2D eigenvalue weighted by Crippen LogP contribution is 2.29. The molecule has 186 valence electrons. The Morgan fingerprint density at radius 3 is 2.71 bits per heavy atom. The van der Waals surface area contributed by atoms with Crippen LogP contribution < -0.4 is 5.32 Å². The summed E-state index contributed by atoms with van der Waals surface area (Å²) in [6.07, 6.45) is 2.63. The fourth-order valence-electron chi connectivity index (χ4n) is 5.02. The van der Waals surface area contributed by atoms with E-state index in [4.69, 9.17) is 16.0 Å². The van der Waals surface area contributed by atoms with Crippen LogP contribution in [-0.2, 0) is 24.3 Å². The van der Waals surface area contributed by atoms with Gasteiger partial charge in [-0.15, -0.1) is 10.2 Å². The second-order valence-electron chi connectivity index (χ2n) is 9.71. The number of benzene rings is 1. The zero-order valence-corrected chi connectivity index (χ0v) is 21.2. The predicted octanol–water partition coefficient (Wildman–Crippen LogP) is 3.77. The summed E-state index contributed by atoms with van der Waals surface area (Å²) in [6, 6.07) is 11.6. The van der Waals surface area contributed by atoms with Crippen molar-refractivity contribution in [3.63, 3.8) is 0 Å². The summed E-state index contributed by atoms with van der Waals surface area (Å²) in [7, 11) is 2.11. The molecule has 0 aliphatic carbocycles. The number of nitrogens with zero attached hydrogens (tertiary/aromatic N) is 5. The van der Waals surface area contributed by atoms with E-state index in [0.29, 0.717) is 5.02 Å². The van der Waals surface area contributed by atoms with Gasteiger partial charge in [-0.2, -0.15) is 0 Å². The number of carbonyl (C=O) groups excluding carboxylic acids is 1. The number of halogens is 1. The molecule has 1 atom stereocenters. The molecule has 1 fully saturated rings. The van der Waals surface area contributed by atoms with E-state index in [1.165, 1.54) is 0 Å². The molecule has 1 saturated heterocycles. The highest BCUT2D eigenvalue weighted by molar-refractivity contribution is 6.33. The standard InChI is InChI=1S/C26H33ClN6O2/c1-18(28-26(34)19-9-12-31(2)13-10-19)25-30-29-24-11-14-32(15-16-33(24)25)17-20-7-8-23(35-20)21-5-3-4-6-22(21)27/h3-8,18-19H,9-17H2,1-2H3,(H,28,34)/t18-/m1/s1. The number of rotatable bonds is 6. The zero-order valence-electron chi connectivity index (χ0n) is 20.4. The van der Waals surface area contributed by atoms with Crippen molar-refractivity contribution >= 4 is 17.5 Å². The van der Waals surface area contributed by atoms with E-state index in [2.05, 4.69) is 36.9 Å². The molecule has 9 heteroatoms. The maximum Gasteiger partial charge on any atom is 0.223 e. The van der Waals surface area contributed by atoms with Gasteiger partial charge in [0.1, 0.15) is 17.3 Å². The fraction of sp³-hybridized carbons (Fsp3) is 0.500. The molecule has 0 unspecified atom stereocenters. The van der Waals surface area contributed by atoms with Crippen LogP contribution in [0, 0.1) is 5.92 Å². The number of hydrogen-bond donors (Lipinski definition) is 1. The van der Waals surface area contributed by atoms with Gasteiger partial charge >= 0.3 is 0 Å². The minimum Gasteiger partial charge on any atom is -0.460 e. The van der Waals surface area contributed by atoms with Crippen molar-refractivity contribution in [2.45, 2.75) is 45.3 Å². The smallest absolute Gasteiger partial charge is 0.223 e. The Hall–Kier alpha value is -2.68. The number of amides is 1. The number of aromatic nitrogens is 3. The van der Waals surface area contributed by atoms with Crippen LogP contribution in [0.2, 0.25) is 5.02 Å². The molecule has 8 nitrogen and oxygen atoms in total. The third-order valence-corrected chi connectivity index (χ3v) is 7.49. The van der Waals surface area contributed by atoms with Gasteiger partial charge in [-0.1, -0.05) is 23.7 Å². The number of carbonyl (C=O) groups is 1. The molecule has 2 aliphatic rings. The topological polar surface area (TPSA) is 79.4 Å². The van der Waals surface area contributed by atoms with Crippen molar-refractivity contribution in [2.75, 3.05) is 33.2 Å². The summed E-state index contributed by atoms with van der Waals surface area (Å²) in [5.41, 5.74) is 0.906. The minimum atomic E-state index is -0.168. The molecule has 0 radical (unpaired) electrons. The third kappa shape index (κ3) is 5.44. The normalized spacial score (nSPS) is 18.7. The first kappa shape index (κ1) is 24.0. The first-order valence-electron chi connectivity index (χ1n) is 12.4. The van der Waals surface area contributed by atoms with Crippen molar-refractivity contribution in [1.29, 1.82) is 0 Å². The van der Waals surface area contributed by atoms with Crippen LogP contribution >= 0.6 is 11.6 Å². The molecule has 0 bridgehead atoms. The van der Waals surface area contributed by atoms with Gasteiger partial charge in [-0.25, -0.2) is 0 Å². The van der Waals surface area contributed by atoms with E-state index in [1.807, 2.05) is 43.3 Å². The van der Waals surface area contributed by atoms with Crippen molar-refractivity contribution < 1.29 is 9.21 Å². The Kier molecular flexibility index (Phi) is 7.22. The number of furan rings is 1. The molecule has 3 aromatic rings. The second kappa shape index (κ2) is 10.5. The van der Waals surface area contributed by atoms with Gasteiger partial charge in [-0.05, 0) is 64.2 Å². The van der Waals surface area contributed by atoms with E-state index in [-0.39, 0.29) is 17.9 Å². The SMILES string of the molecule is C[C@@H](NC(=O)C1CCN(C)CC1)c1nnc2n1CCN(Cc1ccc(-c3ccccc3Cl)o1)CC2. The van der Waals surface area contributed by atoms with Gasteiger partial charge in [0.05, 0.1) is 17.6 Å². The Morgan fingerprint density at radius 2 is 1.91 bits per heavy atom. The second-order valence-corrected chi connectivity index (χ2v) is 10.1. The monoisotopic (exact) mass is 496 g/mol. The molecule has 35 heavy (non-hydrogen) atoms. The summed E-state index contributed by atoms with van der Waals surface area (Å²) in [4.78, 5) is 17.5. The van der Waals surface area contributed by atoms with Gasteiger partial charge in [0.25, 0.3) is 0 Å². The Bertz CT molecular complexity index is 1170. The van der Waals surface area contributed by atoms with Gasteiger partial charge in [0.15, 0.2) is 5.82 Å². The van der Waals surface area contributed by atoms with E-state index >= 15 is 0 Å². The Labute approximate surface area is 211 Å². The van der Waals surface area contributed by atoms with Crippen molar-refractivity contribution in [1.82, 2.24) is 29.9 Å². The van der Waals surface area contributed by atoms with Crippen LogP contribution in [-0.4, -0.2) is 63.7 Å². The molecular formula is C26H33ClN6O2. The largest absolute Gasteiger partial charge is 0.460 e. The molecule has 4 heterocycles. The summed E-state index contributed by atoms with van der Waals surface area (Å²) in [5.74, 6) is 3.72. The number of nitrogens with one attached hydrogen (secondary N) is 1. The van der Waals surface area contributed by atoms with Crippen molar-refractivity contribution in [2.24, 2.45) is 5.92 Å². The summed E-state index contributed by atoms with van der Waals surface area (Å²) >= 11 is 6.33. The van der Waals surface area contributed by atoms with E-state index in [9.17, 15) is 4.79 Å². The van der Waals surface area contributed by atoms with Gasteiger partial charge in [-0.3, -0.25) is 9.69 Å². The molecular weight excluding hydrogens is 464 g/mol. The van der Waals surface area contributed by atoms with Crippen LogP contribution in [0.4, 0.5) is 0 Å². The molecule has 2 aliphatic heterocycles. The molecule has 2 aromatic heterocycles. The van der Waals surface area contributed by atoms with Crippen LogP contribution in [0.3, 0.4) is 0 Å². The van der Waals surface area contributed by atoms with Crippen molar-refractivity contribution in [3.05, 3.63) is 58.8 Å². The highest BCUT2D eigenvalue weighted by atomic mass is 35.5. The average molecular weight is 497 g/mol. The number of fused-ring (bicyclic) bond motifs is 1. The summed E-state index contributed by atoms with van der Waals surface area (Å²) < 4.78 is 8.29. The molecule has 1 N–H and O–H groups in total. The molecule has 0 spiro atoms. The van der Waals surface area contributed by atoms with Crippen molar-refractivity contribution in [3.8, 4) is 11.3 Å². The molecule has 5 rings (SSSR count). The lowest BCUT2D eigenvalue weighted by Gasteiger charge is -2.29. The van der Waals surface area contributed by atoms with E-state index < -0.39 is 0 Å². The Morgan fingerprint density at radius 1 is 1.11 bits per heavy atom. The zero-order chi connectivity index (χ0) is 24.4. The van der Waals surface area contributed by atoms with Crippen LogP contribution in [0.25, 0.3) is 11.3 Å². The van der Waals surface area contributed by atoms with E-state index in [0.717, 1.165) is 87.3 Å². The van der Waals surface area contributed by atoms with Gasteiger partial charge in [0.2, 0.25) is 5.91 Å². The predicted molar refractivity (Wildman–Crippen MR) is 135 cm³/mol. The van der Waals surface area contributed by atoms with Crippen LogP contribution in [0.15, 0.2) is 40.8 Å².